The fourth-order valence-electron chi connectivity index (χ4n) is 1.77. The van der Waals surface area contributed by atoms with Crippen molar-refractivity contribution in [2.24, 2.45) is 0 Å². The van der Waals surface area contributed by atoms with Gasteiger partial charge < -0.3 is 15.4 Å². The zero-order chi connectivity index (χ0) is 15.7. The van der Waals surface area contributed by atoms with E-state index in [1.54, 1.807) is 6.92 Å². The molecule has 0 bridgehead atoms. The molecule has 0 aliphatic carbocycles. The van der Waals surface area contributed by atoms with Gasteiger partial charge in [-0.2, -0.15) is 0 Å². The van der Waals surface area contributed by atoms with E-state index in [1.165, 1.54) is 0 Å². The van der Waals surface area contributed by atoms with Crippen LogP contribution in [0.25, 0.3) is 0 Å². The molecule has 0 aliphatic heterocycles. The maximum Gasteiger partial charge on any atom is 0.251 e. The van der Waals surface area contributed by atoms with E-state index in [0.29, 0.717) is 32.7 Å². The van der Waals surface area contributed by atoms with Gasteiger partial charge in [-0.15, -0.1) is 0 Å². The number of amides is 1. The van der Waals surface area contributed by atoms with Crippen LogP contribution in [0.2, 0.25) is 0 Å². The molecule has 1 aromatic carbocycles. The summed E-state index contributed by atoms with van der Waals surface area (Å²) in [6.07, 6.45) is 1.61. The second kappa shape index (κ2) is 9.28. The third-order valence-electron chi connectivity index (χ3n) is 2.76. The Balaban J connectivity index is 2.51. The summed E-state index contributed by atoms with van der Waals surface area (Å²) in [5.41, 5.74) is -0.233. The highest BCUT2D eigenvalue weighted by Crippen LogP contribution is 2.20. The van der Waals surface area contributed by atoms with E-state index in [9.17, 15) is 13.6 Å². The molecule has 0 aromatic heterocycles. The van der Waals surface area contributed by atoms with Crippen LogP contribution in [-0.4, -0.2) is 32.2 Å². The Morgan fingerprint density at radius 2 is 1.86 bits per heavy atom. The summed E-state index contributed by atoms with van der Waals surface area (Å²) in [4.78, 5) is 11.8. The number of rotatable bonds is 9. The van der Waals surface area contributed by atoms with Crippen LogP contribution in [0.15, 0.2) is 12.1 Å². The second-order valence-corrected chi connectivity index (χ2v) is 4.57. The number of carbonyl (C=O) groups excluding carboxylic acids is 1. The number of ether oxygens (including phenoxy) is 1. The molecule has 0 radical (unpaired) electrons. The first-order chi connectivity index (χ1) is 10.1. The standard InChI is InChI=1S/C15H22F2N2O2/c1-3-7-21-8-5-6-19-15(20)11-9-12(16)14(18-4-2)13(17)10-11/h9-10,18H,3-8H2,1-2H3,(H,19,20). The highest BCUT2D eigenvalue weighted by atomic mass is 19.1. The molecule has 0 aliphatic rings. The minimum Gasteiger partial charge on any atom is -0.381 e. The van der Waals surface area contributed by atoms with Crippen molar-refractivity contribution in [2.45, 2.75) is 26.7 Å². The third-order valence-corrected chi connectivity index (χ3v) is 2.76. The quantitative estimate of drug-likeness (QED) is 0.689. The molecule has 1 amide bonds. The largest absolute Gasteiger partial charge is 0.381 e. The lowest BCUT2D eigenvalue weighted by molar-refractivity contribution is 0.0940. The van der Waals surface area contributed by atoms with E-state index in [0.717, 1.165) is 18.6 Å². The van der Waals surface area contributed by atoms with Crippen LogP contribution >= 0.6 is 0 Å². The van der Waals surface area contributed by atoms with Crippen molar-refractivity contribution in [3.8, 4) is 0 Å². The predicted octanol–water partition coefficient (Wildman–Crippen LogP) is 2.94. The number of halogens is 2. The molecular formula is C15H22F2N2O2. The van der Waals surface area contributed by atoms with Crippen LogP contribution in [0.5, 0.6) is 0 Å². The van der Waals surface area contributed by atoms with Crippen molar-refractivity contribution in [2.75, 3.05) is 31.6 Å². The molecule has 0 unspecified atom stereocenters. The number of hydrogen-bond donors (Lipinski definition) is 2. The maximum atomic E-state index is 13.7. The van der Waals surface area contributed by atoms with Crippen molar-refractivity contribution < 1.29 is 18.3 Å². The van der Waals surface area contributed by atoms with E-state index in [2.05, 4.69) is 10.6 Å². The van der Waals surface area contributed by atoms with Crippen molar-refractivity contribution in [3.05, 3.63) is 29.3 Å². The lowest BCUT2D eigenvalue weighted by Crippen LogP contribution is -2.25. The third kappa shape index (κ3) is 5.67. The fourth-order valence-corrected chi connectivity index (χ4v) is 1.77. The molecule has 1 aromatic rings. The Morgan fingerprint density at radius 3 is 2.43 bits per heavy atom. The molecule has 0 saturated carbocycles. The Bertz CT molecular complexity index is 444. The normalized spacial score (nSPS) is 10.5. The van der Waals surface area contributed by atoms with Gasteiger partial charge in [0.15, 0.2) is 0 Å². The SMILES string of the molecule is CCCOCCCNC(=O)c1cc(F)c(NCC)c(F)c1. The zero-order valence-corrected chi connectivity index (χ0v) is 12.5. The summed E-state index contributed by atoms with van der Waals surface area (Å²) >= 11 is 0. The molecule has 0 saturated heterocycles. The van der Waals surface area contributed by atoms with E-state index in [4.69, 9.17) is 4.74 Å². The van der Waals surface area contributed by atoms with Gasteiger partial charge in [-0.3, -0.25) is 4.79 Å². The molecular weight excluding hydrogens is 278 g/mol. The zero-order valence-electron chi connectivity index (χ0n) is 12.5. The first kappa shape index (κ1) is 17.4. The summed E-state index contributed by atoms with van der Waals surface area (Å²) < 4.78 is 32.6. The van der Waals surface area contributed by atoms with Crippen LogP contribution in [0.1, 0.15) is 37.0 Å². The van der Waals surface area contributed by atoms with Gasteiger partial charge in [0, 0.05) is 31.9 Å². The monoisotopic (exact) mass is 300 g/mol. The van der Waals surface area contributed by atoms with Gasteiger partial charge in [0.25, 0.3) is 5.91 Å². The summed E-state index contributed by atoms with van der Waals surface area (Å²) in [6.45, 7) is 5.80. The van der Waals surface area contributed by atoms with E-state index < -0.39 is 17.5 Å². The molecule has 0 spiro atoms. The lowest BCUT2D eigenvalue weighted by atomic mass is 10.1. The van der Waals surface area contributed by atoms with Crippen LogP contribution in [0.3, 0.4) is 0 Å². The van der Waals surface area contributed by atoms with Crippen molar-refractivity contribution in [3.63, 3.8) is 0 Å². The van der Waals surface area contributed by atoms with Gasteiger partial charge in [-0.05, 0) is 31.9 Å². The first-order valence-corrected chi connectivity index (χ1v) is 7.19. The van der Waals surface area contributed by atoms with E-state index in [-0.39, 0.29) is 11.3 Å². The van der Waals surface area contributed by atoms with Crippen molar-refractivity contribution in [1.29, 1.82) is 0 Å². The topological polar surface area (TPSA) is 50.4 Å². The molecule has 118 valence electrons. The maximum absolute atomic E-state index is 13.7. The van der Waals surface area contributed by atoms with Crippen LogP contribution in [-0.2, 0) is 4.74 Å². The van der Waals surface area contributed by atoms with Crippen molar-refractivity contribution >= 4 is 11.6 Å². The van der Waals surface area contributed by atoms with Gasteiger partial charge >= 0.3 is 0 Å². The Labute approximate surface area is 123 Å². The molecule has 6 heteroatoms. The van der Waals surface area contributed by atoms with Crippen molar-refractivity contribution in [1.82, 2.24) is 5.32 Å². The molecule has 0 heterocycles. The Morgan fingerprint density at radius 1 is 1.19 bits per heavy atom. The summed E-state index contributed by atoms with van der Waals surface area (Å²) in [5.74, 6) is -2.03. The van der Waals surface area contributed by atoms with Gasteiger partial charge in [-0.1, -0.05) is 6.92 Å². The van der Waals surface area contributed by atoms with Gasteiger partial charge in [0.05, 0.1) is 0 Å². The summed E-state index contributed by atoms with van der Waals surface area (Å²) in [5, 5.41) is 5.19. The van der Waals surface area contributed by atoms with Crippen LogP contribution in [0, 0.1) is 11.6 Å². The first-order valence-electron chi connectivity index (χ1n) is 7.19. The molecule has 21 heavy (non-hydrogen) atoms. The van der Waals surface area contributed by atoms with Crippen LogP contribution in [0.4, 0.5) is 14.5 Å². The lowest BCUT2D eigenvalue weighted by Gasteiger charge is -2.10. The molecule has 0 atom stereocenters. The minimum absolute atomic E-state index is 0.0267. The van der Waals surface area contributed by atoms with E-state index in [1.807, 2.05) is 6.92 Å². The van der Waals surface area contributed by atoms with Gasteiger partial charge in [-0.25, -0.2) is 8.78 Å². The Hall–Kier alpha value is -1.69. The van der Waals surface area contributed by atoms with Gasteiger partial charge in [0.2, 0.25) is 0 Å². The number of carbonyl (C=O) groups is 1. The van der Waals surface area contributed by atoms with E-state index >= 15 is 0 Å². The average molecular weight is 300 g/mol. The number of anilines is 1. The number of nitrogens with one attached hydrogen (secondary N) is 2. The number of hydrogen-bond acceptors (Lipinski definition) is 3. The predicted molar refractivity (Wildman–Crippen MR) is 78.6 cm³/mol. The average Bonchev–Trinajstić information content (AvgIpc) is 2.46. The molecule has 4 nitrogen and oxygen atoms in total. The highest BCUT2D eigenvalue weighted by Gasteiger charge is 2.14. The van der Waals surface area contributed by atoms with Gasteiger partial charge in [0.1, 0.15) is 17.3 Å². The summed E-state index contributed by atoms with van der Waals surface area (Å²) in [6, 6.07) is 2.06. The molecule has 0 fully saturated rings. The summed E-state index contributed by atoms with van der Waals surface area (Å²) in [7, 11) is 0. The molecule has 2 N–H and O–H groups in total. The fraction of sp³-hybridized carbons (Fsp3) is 0.533. The number of benzene rings is 1. The highest BCUT2D eigenvalue weighted by molar-refractivity contribution is 5.94. The van der Waals surface area contributed by atoms with Crippen LogP contribution < -0.4 is 10.6 Å². The Kier molecular flexibility index (Phi) is 7.68. The molecule has 1 rings (SSSR count). The minimum atomic E-state index is -0.770. The second-order valence-electron chi connectivity index (χ2n) is 4.57. The smallest absolute Gasteiger partial charge is 0.251 e.